The van der Waals surface area contributed by atoms with Crippen molar-refractivity contribution in [2.45, 2.75) is 45.2 Å². The monoisotopic (exact) mass is 377 g/mol. The number of carbonyl (C=O) groups excluding carboxylic acids is 2. The Morgan fingerprint density at radius 1 is 1.07 bits per heavy atom. The highest BCUT2D eigenvalue weighted by molar-refractivity contribution is 5.84. The molecule has 1 saturated heterocycles. The van der Waals surface area contributed by atoms with Crippen LogP contribution in [0.4, 0.5) is 0 Å². The van der Waals surface area contributed by atoms with E-state index in [1.165, 1.54) is 11.1 Å². The fraction of sp³-hybridized carbons (Fsp3) is 0.435. The number of likely N-dealkylation sites (tertiary alicyclic amines) is 1. The van der Waals surface area contributed by atoms with Crippen molar-refractivity contribution in [1.82, 2.24) is 15.2 Å². The largest absolute Gasteiger partial charge is 0.350 e. The summed E-state index contributed by atoms with van der Waals surface area (Å²) in [5.41, 5.74) is 3.23. The first-order valence-corrected chi connectivity index (χ1v) is 10.2. The lowest BCUT2D eigenvalue weighted by atomic mass is 9.87. The number of hydrogen-bond donors (Lipinski definition) is 1. The minimum atomic E-state index is -0.160. The number of rotatable bonds is 5. The molecule has 0 bridgehead atoms. The normalized spacial score (nSPS) is 22.0. The van der Waals surface area contributed by atoms with E-state index < -0.39 is 0 Å². The Morgan fingerprint density at radius 3 is 2.61 bits per heavy atom. The highest BCUT2D eigenvalue weighted by Crippen LogP contribution is 2.39. The Kier molecular flexibility index (Phi) is 5.42. The fourth-order valence-corrected chi connectivity index (χ4v) is 4.04. The number of pyridine rings is 1. The van der Waals surface area contributed by atoms with Crippen LogP contribution in [-0.2, 0) is 16.1 Å². The molecule has 146 valence electrons. The molecule has 0 spiro atoms. The Bertz CT molecular complexity index is 848. The molecule has 1 aromatic carbocycles. The highest BCUT2D eigenvalue weighted by atomic mass is 16.2. The van der Waals surface area contributed by atoms with E-state index in [0.29, 0.717) is 13.1 Å². The highest BCUT2D eigenvalue weighted by Gasteiger charge is 2.41. The summed E-state index contributed by atoms with van der Waals surface area (Å²) in [7, 11) is 0. The summed E-state index contributed by atoms with van der Waals surface area (Å²) in [4.78, 5) is 31.9. The number of carbonyl (C=O) groups is 2. The van der Waals surface area contributed by atoms with Crippen molar-refractivity contribution in [3.8, 4) is 0 Å². The lowest BCUT2D eigenvalue weighted by molar-refractivity contribution is -0.140. The first-order chi connectivity index (χ1) is 13.6. The Balaban J connectivity index is 1.45. The van der Waals surface area contributed by atoms with Crippen LogP contribution in [0.1, 0.15) is 48.5 Å². The molecule has 1 aromatic heterocycles. The lowest BCUT2D eigenvalue weighted by Crippen LogP contribution is -2.47. The maximum absolute atomic E-state index is 13.0. The average Bonchev–Trinajstić information content (AvgIpc) is 3.57. The third kappa shape index (κ3) is 4.24. The van der Waals surface area contributed by atoms with Crippen molar-refractivity contribution in [1.29, 1.82) is 0 Å². The fourth-order valence-electron chi connectivity index (χ4n) is 4.04. The number of nitrogens with zero attached hydrogens (tertiary/aromatic N) is 2. The van der Waals surface area contributed by atoms with Gasteiger partial charge in [0.05, 0.1) is 24.2 Å². The maximum atomic E-state index is 13.0. The molecule has 1 N–H and O–H groups in total. The molecule has 2 aliphatic rings. The Hall–Kier alpha value is -2.69. The van der Waals surface area contributed by atoms with Gasteiger partial charge in [0.15, 0.2) is 0 Å². The zero-order chi connectivity index (χ0) is 19.5. The molecule has 2 fully saturated rings. The predicted molar refractivity (Wildman–Crippen MR) is 107 cm³/mol. The molecule has 28 heavy (non-hydrogen) atoms. The smallest absolute Gasteiger partial charge is 0.226 e. The van der Waals surface area contributed by atoms with E-state index in [4.69, 9.17) is 0 Å². The predicted octanol–water partition coefficient (Wildman–Crippen LogP) is 3.40. The number of amides is 2. The number of nitrogens with one attached hydrogen (secondary N) is 1. The van der Waals surface area contributed by atoms with Gasteiger partial charge in [-0.1, -0.05) is 35.9 Å². The second-order valence-corrected chi connectivity index (χ2v) is 8.01. The second-order valence-electron chi connectivity index (χ2n) is 8.01. The minimum Gasteiger partial charge on any atom is -0.350 e. The van der Waals surface area contributed by atoms with Crippen LogP contribution in [0.2, 0.25) is 0 Å². The molecule has 5 heteroatoms. The van der Waals surface area contributed by atoms with Gasteiger partial charge in [-0.3, -0.25) is 14.6 Å². The van der Waals surface area contributed by atoms with Crippen LogP contribution in [0.3, 0.4) is 0 Å². The number of aromatic nitrogens is 1. The van der Waals surface area contributed by atoms with Gasteiger partial charge < -0.3 is 10.2 Å². The third-order valence-electron chi connectivity index (χ3n) is 5.76. The summed E-state index contributed by atoms with van der Waals surface area (Å²) < 4.78 is 0. The molecule has 1 aliphatic heterocycles. The van der Waals surface area contributed by atoms with E-state index in [0.717, 1.165) is 31.4 Å². The van der Waals surface area contributed by atoms with Crippen molar-refractivity contribution < 1.29 is 9.59 Å². The van der Waals surface area contributed by atoms with Crippen LogP contribution < -0.4 is 5.32 Å². The summed E-state index contributed by atoms with van der Waals surface area (Å²) in [5.74, 6) is 0.228. The molecule has 2 amide bonds. The van der Waals surface area contributed by atoms with Gasteiger partial charge in [-0.2, -0.15) is 0 Å². The van der Waals surface area contributed by atoms with Crippen molar-refractivity contribution >= 4 is 11.8 Å². The van der Waals surface area contributed by atoms with Crippen molar-refractivity contribution in [2.75, 3.05) is 6.54 Å². The van der Waals surface area contributed by atoms with Crippen LogP contribution in [0.15, 0.2) is 48.7 Å². The van der Waals surface area contributed by atoms with Gasteiger partial charge in [-0.05, 0) is 50.3 Å². The summed E-state index contributed by atoms with van der Waals surface area (Å²) in [6.07, 6.45) is 5.30. The van der Waals surface area contributed by atoms with Crippen LogP contribution in [0.5, 0.6) is 0 Å². The second kappa shape index (κ2) is 8.13. The Labute approximate surface area is 166 Å². The minimum absolute atomic E-state index is 0.0157. The molecule has 5 nitrogen and oxygen atoms in total. The first-order valence-electron chi connectivity index (χ1n) is 10.2. The van der Waals surface area contributed by atoms with Crippen LogP contribution in [0, 0.1) is 18.8 Å². The summed E-state index contributed by atoms with van der Waals surface area (Å²) in [6.45, 7) is 3.00. The summed E-state index contributed by atoms with van der Waals surface area (Å²) >= 11 is 0. The molecule has 1 saturated carbocycles. The standard InChI is InChI=1S/C23H27N3O2/c1-16-5-4-6-18(13-16)21-11-10-19(15-26(21)23(28)17-8-9-17)22(27)25-14-20-7-2-3-12-24-20/h2-7,12-13,17,19,21H,8-11,14-15H2,1H3,(H,25,27)/t19-,21-/m0/s1. The zero-order valence-electron chi connectivity index (χ0n) is 16.3. The van der Waals surface area contributed by atoms with E-state index in [9.17, 15) is 9.59 Å². The molecule has 4 rings (SSSR count). The molecular weight excluding hydrogens is 350 g/mol. The average molecular weight is 377 g/mol. The molecular formula is C23H27N3O2. The van der Waals surface area contributed by atoms with Crippen LogP contribution in [-0.4, -0.2) is 28.2 Å². The van der Waals surface area contributed by atoms with Gasteiger partial charge in [0.25, 0.3) is 0 Å². The number of aryl methyl sites for hydroxylation is 1. The Morgan fingerprint density at radius 2 is 1.89 bits per heavy atom. The van der Waals surface area contributed by atoms with E-state index >= 15 is 0 Å². The van der Waals surface area contributed by atoms with Gasteiger partial charge >= 0.3 is 0 Å². The molecule has 2 aromatic rings. The molecule has 2 heterocycles. The molecule has 2 atom stereocenters. The van der Waals surface area contributed by atoms with Crippen LogP contribution in [0.25, 0.3) is 0 Å². The van der Waals surface area contributed by atoms with Crippen molar-refractivity contribution in [3.63, 3.8) is 0 Å². The number of piperidine rings is 1. The van der Waals surface area contributed by atoms with E-state index in [-0.39, 0.29) is 29.7 Å². The maximum Gasteiger partial charge on any atom is 0.226 e. The van der Waals surface area contributed by atoms with E-state index in [2.05, 4.69) is 41.5 Å². The summed E-state index contributed by atoms with van der Waals surface area (Å²) in [5, 5.41) is 3.00. The topological polar surface area (TPSA) is 62.3 Å². The van der Waals surface area contributed by atoms with E-state index in [1.807, 2.05) is 23.1 Å². The summed E-state index contributed by atoms with van der Waals surface area (Å²) in [6, 6.07) is 14.1. The SMILES string of the molecule is Cc1cccc([C@@H]2CC[C@H](C(=O)NCc3ccccn3)CN2C(=O)C2CC2)c1. The number of hydrogen-bond acceptors (Lipinski definition) is 3. The molecule has 1 aliphatic carbocycles. The van der Waals surface area contributed by atoms with Gasteiger partial charge in [0.2, 0.25) is 11.8 Å². The molecule has 0 unspecified atom stereocenters. The number of benzene rings is 1. The van der Waals surface area contributed by atoms with Gasteiger partial charge in [0.1, 0.15) is 0 Å². The van der Waals surface area contributed by atoms with Gasteiger partial charge in [0, 0.05) is 18.7 Å². The quantitative estimate of drug-likeness (QED) is 0.869. The van der Waals surface area contributed by atoms with Crippen molar-refractivity contribution in [2.24, 2.45) is 11.8 Å². The van der Waals surface area contributed by atoms with Gasteiger partial charge in [-0.25, -0.2) is 0 Å². The van der Waals surface area contributed by atoms with Crippen molar-refractivity contribution in [3.05, 3.63) is 65.5 Å². The first kappa shape index (κ1) is 18.7. The van der Waals surface area contributed by atoms with Crippen LogP contribution >= 0.6 is 0 Å². The third-order valence-corrected chi connectivity index (χ3v) is 5.76. The van der Waals surface area contributed by atoms with E-state index in [1.54, 1.807) is 6.20 Å². The zero-order valence-corrected chi connectivity index (χ0v) is 16.3. The molecule has 0 radical (unpaired) electrons. The van der Waals surface area contributed by atoms with Gasteiger partial charge in [-0.15, -0.1) is 0 Å². The lowest BCUT2D eigenvalue weighted by Gasteiger charge is -2.40.